The monoisotopic (exact) mass is 350 g/mol. The van der Waals surface area contributed by atoms with Crippen LogP contribution in [-0.4, -0.2) is 37.2 Å². The highest BCUT2D eigenvalue weighted by Gasteiger charge is 2.21. The highest BCUT2D eigenvalue weighted by Crippen LogP contribution is 2.32. The van der Waals surface area contributed by atoms with E-state index in [0.717, 1.165) is 4.70 Å². The Balaban J connectivity index is 2.27. The summed E-state index contributed by atoms with van der Waals surface area (Å²) in [6.45, 7) is 3.64. The highest BCUT2D eigenvalue weighted by atomic mass is 32.1. The molecular weight excluding hydrogens is 332 g/mol. The molecule has 0 unspecified atom stereocenters. The fraction of sp³-hybridized carbons (Fsp3) is 0.312. The summed E-state index contributed by atoms with van der Waals surface area (Å²) in [7, 11) is 1.57. The molecule has 0 amide bonds. The van der Waals surface area contributed by atoms with Crippen molar-refractivity contribution in [1.82, 2.24) is 4.98 Å². The molecule has 128 valence electrons. The van der Waals surface area contributed by atoms with Gasteiger partial charge in [-0.15, -0.1) is 0 Å². The number of carbonyl (C=O) groups excluding carboxylic acids is 2. The number of carbonyl (C=O) groups is 2. The summed E-state index contributed by atoms with van der Waals surface area (Å²) in [4.78, 5) is 28.2. The third-order valence-corrected chi connectivity index (χ3v) is 3.88. The lowest BCUT2D eigenvalue weighted by Gasteiger charge is -2.06. The zero-order valence-corrected chi connectivity index (χ0v) is 14.4. The van der Waals surface area contributed by atoms with Crippen molar-refractivity contribution in [3.63, 3.8) is 0 Å². The summed E-state index contributed by atoms with van der Waals surface area (Å²) < 4.78 is 15.9. The van der Waals surface area contributed by atoms with E-state index in [1.807, 2.05) is 18.2 Å². The van der Waals surface area contributed by atoms with Gasteiger partial charge in [0.15, 0.2) is 10.7 Å². The van der Waals surface area contributed by atoms with Crippen molar-refractivity contribution in [2.45, 2.75) is 13.8 Å². The first kappa shape index (κ1) is 17.7. The van der Waals surface area contributed by atoms with Crippen LogP contribution in [0, 0.1) is 0 Å². The zero-order chi connectivity index (χ0) is 17.5. The summed E-state index contributed by atoms with van der Waals surface area (Å²) in [6, 6.07) is 5.58. The van der Waals surface area contributed by atoms with Gasteiger partial charge in [0.05, 0.1) is 25.0 Å². The molecule has 0 saturated carbocycles. The van der Waals surface area contributed by atoms with Crippen molar-refractivity contribution in [3.8, 4) is 5.75 Å². The number of thiazole rings is 1. The Morgan fingerprint density at radius 2 is 1.88 bits per heavy atom. The molecule has 1 aromatic heterocycles. The van der Waals surface area contributed by atoms with Gasteiger partial charge in [-0.2, -0.15) is 0 Å². The Labute approximate surface area is 143 Å². The number of esters is 2. The molecule has 0 fully saturated rings. The minimum Gasteiger partial charge on any atom is -0.494 e. The van der Waals surface area contributed by atoms with E-state index in [0.29, 0.717) is 16.4 Å². The van der Waals surface area contributed by atoms with Gasteiger partial charge in [0, 0.05) is 6.20 Å². The van der Waals surface area contributed by atoms with Gasteiger partial charge in [-0.3, -0.25) is 0 Å². The van der Waals surface area contributed by atoms with Gasteiger partial charge in [0.1, 0.15) is 11.3 Å². The summed E-state index contributed by atoms with van der Waals surface area (Å²) in [6.07, 6.45) is 1.25. The molecule has 0 radical (unpaired) electrons. The second-order valence-corrected chi connectivity index (χ2v) is 5.50. The summed E-state index contributed by atoms with van der Waals surface area (Å²) >= 11 is 1.37. The Hall–Kier alpha value is -2.61. The lowest BCUT2D eigenvalue weighted by atomic mass is 10.3. The average Bonchev–Trinajstić information content (AvgIpc) is 2.98. The predicted octanol–water partition coefficient (Wildman–Crippen LogP) is 2.73. The molecule has 1 heterocycles. The molecule has 24 heavy (non-hydrogen) atoms. The van der Waals surface area contributed by atoms with Crippen molar-refractivity contribution >= 4 is 38.6 Å². The number of para-hydroxylation sites is 1. The summed E-state index contributed by atoms with van der Waals surface area (Å²) in [5.74, 6) is -0.846. The number of ether oxygens (including phenoxy) is 3. The molecule has 0 aliphatic heterocycles. The Morgan fingerprint density at radius 1 is 1.21 bits per heavy atom. The van der Waals surface area contributed by atoms with Gasteiger partial charge >= 0.3 is 11.9 Å². The van der Waals surface area contributed by atoms with Gasteiger partial charge in [-0.05, 0) is 26.0 Å². The molecule has 0 spiro atoms. The van der Waals surface area contributed by atoms with Crippen LogP contribution in [-0.2, 0) is 19.1 Å². The van der Waals surface area contributed by atoms with E-state index in [2.05, 4.69) is 10.3 Å². The van der Waals surface area contributed by atoms with Crippen molar-refractivity contribution in [2.75, 3.05) is 25.6 Å². The van der Waals surface area contributed by atoms with Gasteiger partial charge in [0.25, 0.3) is 0 Å². The van der Waals surface area contributed by atoms with E-state index in [-0.39, 0.29) is 18.8 Å². The molecule has 0 aliphatic carbocycles. The summed E-state index contributed by atoms with van der Waals surface area (Å²) in [5.41, 5.74) is 0.486. The van der Waals surface area contributed by atoms with E-state index >= 15 is 0 Å². The lowest BCUT2D eigenvalue weighted by molar-refractivity contribution is -0.146. The Bertz CT molecular complexity index is 749. The standard InChI is InChI=1S/C16H18N2O5S/c1-4-22-14(19)10(15(20)23-5-2)9-17-16-18-13-11(21-3)7-6-8-12(13)24-16/h6-9H,4-5H2,1-3H3,(H,17,18). The second kappa shape index (κ2) is 8.30. The van der Waals surface area contributed by atoms with Crippen LogP contribution in [0.25, 0.3) is 10.2 Å². The van der Waals surface area contributed by atoms with Crippen LogP contribution >= 0.6 is 11.3 Å². The number of benzene rings is 1. The molecule has 2 rings (SSSR count). The molecule has 8 heteroatoms. The molecule has 7 nitrogen and oxygen atoms in total. The third-order valence-electron chi connectivity index (χ3n) is 2.93. The number of fused-ring (bicyclic) bond motifs is 1. The number of aromatic nitrogens is 1. The number of rotatable bonds is 7. The maximum Gasteiger partial charge on any atom is 0.347 e. The van der Waals surface area contributed by atoms with Crippen LogP contribution in [0.1, 0.15) is 13.8 Å². The molecule has 1 N–H and O–H groups in total. The maximum atomic E-state index is 11.9. The van der Waals surface area contributed by atoms with Gasteiger partial charge in [-0.25, -0.2) is 14.6 Å². The van der Waals surface area contributed by atoms with E-state index < -0.39 is 11.9 Å². The van der Waals surface area contributed by atoms with Crippen LogP contribution < -0.4 is 10.1 Å². The number of nitrogens with one attached hydrogen (secondary N) is 1. The fourth-order valence-corrected chi connectivity index (χ4v) is 2.76. The molecule has 2 aromatic rings. The van der Waals surface area contributed by atoms with Gasteiger partial charge < -0.3 is 19.5 Å². The van der Waals surface area contributed by atoms with E-state index in [1.165, 1.54) is 17.5 Å². The first-order valence-electron chi connectivity index (χ1n) is 7.35. The Morgan fingerprint density at radius 3 is 2.46 bits per heavy atom. The minimum atomic E-state index is -0.748. The van der Waals surface area contributed by atoms with E-state index in [9.17, 15) is 9.59 Å². The first-order chi connectivity index (χ1) is 11.6. The molecule has 0 atom stereocenters. The lowest BCUT2D eigenvalue weighted by Crippen LogP contribution is -2.19. The number of hydrogen-bond donors (Lipinski definition) is 1. The molecular formula is C16H18N2O5S. The van der Waals surface area contributed by atoms with Gasteiger partial charge in [-0.1, -0.05) is 17.4 Å². The number of anilines is 1. The quantitative estimate of drug-likeness (QED) is 0.355. The molecule has 0 bridgehead atoms. The third kappa shape index (κ3) is 4.02. The van der Waals surface area contributed by atoms with Crippen molar-refractivity contribution < 1.29 is 23.8 Å². The van der Waals surface area contributed by atoms with Crippen LogP contribution in [0.4, 0.5) is 5.13 Å². The SMILES string of the molecule is CCOC(=O)C(=CNc1nc2c(OC)cccc2s1)C(=O)OCC. The maximum absolute atomic E-state index is 11.9. The number of hydrogen-bond acceptors (Lipinski definition) is 8. The first-order valence-corrected chi connectivity index (χ1v) is 8.16. The van der Waals surface area contributed by atoms with E-state index in [1.54, 1.807) is 21.0 Å². The van der Waals surface area contributed by atoms with Gasteiger partial charge in [0.2, 0.25) is 0 Å². The van der Waals surface area contributed by atoms with Crippen LogP contribution in [0.5, 0.6) is 5.75 Å². The van der Waals surface area contributed by atoms with Crippen LogP contribution in [0.15, 0.2) is 30.0 Å². The van der Waals surface area contributed by atoms with Crippen molar-refractivity contribution in [2.24, 2.45) is 0 Å². The summed E-state index contributed by atoms with van der Waals surface area (Å²) in [5, 5.41) is 3.37. The normalized spacial score (nSPS) is 10.1. The number of methoxy groups -OCH3 is 1. The Kier molecular flexibility index (Phi) is 6.14. The molecule has 0 aliphatic rings. The minimum absolute atomic E-state index is 0.161. The zero-order valence-electron chi connectivity index (χ0n) is 13.6. The van der Waals surface area contributed by atoms with Crippen molar-refractivity contribution in [3.05, 3.63) is 30.0 Å². The van der Waals surface area contributed by atoms with E-state index in [4.69, 9.17) is 14.2 Å². The number of nitrogens with zero attached hydrogens (tertiary/aromatic N) is 1. The fourth-order valence-electron chi connectivity index (χ4n) is 1.90. The van der Waals surface area contributed by atoms with Crippen LogP contribution in [0.3, 0.4) is 0 Å². The predicted molar refractivity (Wildman–Crippen MR) is 91.1 cm³/mol. The largest absolute Gasteiger partial charge is 0.494 e. The van der Waals surface area contributed by atoms with Crippen molar-refractivity contribution in [1.29, 1.82) is 0 Å². The molecule has 1 aromatic carbocycles. The molecule has 0 saturated heterocycles. The second-order valence-electron chi connectivity index (χ2n) is 4.47. The smallest absolute Gasteiger partial charge is 0.347 e. The average molecular weight is 350 g/mol. The van der Waals surface area contributed by atoms with Crippen LogP contribution in [0.2, 0.25) is 0 Å². The topological polar surface area (TPSA) is 86.8 Å². The highest BCUT2D eigenvalue weighted by molar-refractivity contribution is 7.22.